The van der Waals surface area contributed by atoms with Crippen molar-refractivity contribution in [3.05, 3.63) is 29.3 Å². The molecule has 0 bridgehead atoms. The van der Waals surface area contributed by atoms with Crippen LogP contribution in [0.1, 0.15) is 24.2 Å². The lowest BCUT2D eigenvalue weighted by Crippen LogP contribution is -2.55. The third-order valence-electron chi connectivity index (χ3n) is 3.22. The predicted octanol–water partition coefficient (Wildman–Crippen LogP) is 1.80. The fourth-order valence-corrected chi connectivity index (χ4v) is 2.10. The molecule has 0 saturated carbocycles. The highest BCUT2D eigenvalue weighted by molar-refractivity contribution is 5.95. The van der Waals surface area contributed by atoms with Gasteiger partial charge in [0.1, 0.15) is 17.3 Å². The number of hydrogen-bond donors (Lipinski definition) is 1. The first-order valence-electron chi connectivity index (χ1n) is 5.97. The molecule has 0 unspecified atom stereocenters. The fourth-order valence-electron chi connectivity index (χ4n) is 2.10. The Morgan fingerprint density at radius 1 is 1.37 bits per heavy atom. The molecule has 1 amide bonds. The van der Waals surface area contributed by atoms with Crippen LogP contribution in [0.3, 0.4) is 0 Å². The van der Waals surface area contributed by atoms with E-state index in [9.17, 15) is 13.6 Å². The van der Waals surface area contributed by atoms with E-state index < -0.39 is 28.8 Å². The smallest absolute Gasteiger partial charge is 0.254 e. The van der Waals surface area contributed by atoms with E-state index in [-0.39, 0.29) is 5.56 Å². The topological polar surface area (TPSA) is 55.6 Å². The van der Waals surface area contributed by atoms with Crippen molar-refractivity contribution in [2.45, 2.75) is 19.4 Å². The summed E-state index contributed by atoms with van der Waals surface area (Å²) in [6.45, 7) is 4.87. The number of rotatable bonds is 1. The van der Waals surface area contributed by atoms with Gasteiger partial charge in [-0.2, -0.15) is 0 Å². The Bertz CT molecular complexity index is 494. The molecule has 0 atom stereocenters. The van der Waals surface area contributed by atoms with Crippen LogP contribution in [0.15, 0.2) is 12.1 Å². The number of nitrogen functional groups attached to an aromatic ring is 1. The molecular weight excluding hydrogens is 254 g/mol. The van der Waals surface area contributed by atoms with Crippen molar-refractivity contribution < 1.29 is 18.3 Å². The Morgan fingerprint density at radius 3 is 2.47 bits per heavy atom. The van der Waals surface area contributed by atoms with E-state index in [1.807, 2.05) is 13.8 Å². The van der Waals surface area contributed by atoms with E-state index in [2.05, 4.69) is 0 Å². The molecule has 1 fully saturated rings. The molecule has 0 aliphatic carbocycles. The summed E-state index contributed by atoms with van der Waals surface area (Å²) < 4.78 is 32.1. The predicted molar refractivity (Wildman–Crippen MR) is 66.7 cm³/mol. The van der Waals surface area contributed by atoms with Crippen molar-refractivity contribution in [2.75, 3.05) is 25.5 Å². The van der Waals surface area contributed by atoms with Crippen molar-refractivity contribution >= 4 is 11.6 Å². The van der Waals surface area contributed by atoms with E-state index in [0.29, 0.717) is 19.8 Å². The second-order valence-electron chi connectivity index (χ2n) is 5.18. The number of carbonyl (C=O) groups excluding carboxylic acids is 1. The molecule has 6 heteroatoms. The summed E-state index contributed by atoms with van der Waals surface area (Å²) in [6, 6.07) is 1.93. The summed E-state index contributed by atoms with van der Waals surface area (Å²) in [6.07, 6.45) is 0. The lowest BCUT2D eigenvalue weighted by molar-refractivity contribution is -0.0371. The minimum atomic E-state index is -0.922. The van der Waals surface area contributed by atoms with E-state index in [0.717, 1.165) is 12.1 Å². The molecule has 0 aromatic heterocycles. The zero-order valence-electron chi connectivity index (χ0n) is 10.9. The third kappa shape index (κ3) is 2.53. The van der Waals surface area contributed by atoms with Crippen LogP contribution in [-0.4, -0.2) is 36.1 Å². The number of hydrogen-bond acceptors (Lipinski definition) is 3. The molecule has 0 radical (unpaired) electrons. The standard InChI is InChI=1S/C13H16F2N2O2/c1-13(2)7-19-4-3-17(13)12(18)8-5-9(14)11(16)10(15)6-8/h5-6H,3-4,7,16H2,1-2H3. The van der Waals surface area contributed by atoms with Gasteiger partial charge in [0.05, 0.1) is 18.8 Å². The number of morpholine rings is 1. The van der Waals surface area contributed by atoms with Crippen molar-refractivity contribution in [3.8, 4) is 0 Å². The average molecular weight is 270 g/mol. The Balaban J connectivity index is 2.34. The summed E-state index contributed by atoms with van der Waals surface area (Å²) in [5, 5.41) is 0. The number of nitrogens with zero attached hydrogens (tertiary/aromatic N) is 1. The first-order chi connectivity index (χ1) is 8.83. The molecule has 1 aliphatic heterocycles. The fraction of sp³-hybridized carbons (Fsp3) is 0.462. The second-order valence-corrected chi connectivity index (χ2v) is 5.18. The maximum Gasteiger partial charge on any atom is 0.254 e. The van der Waals surface area contributed by atoms with E-state index in [1.54, 1.807) is 4.90 Å². The molecule has 19 heavy (non-hydrogen) atoms. The molecule has 0 spiro atoms. The normalized spacial score (nSPS) is 18.4. The van der Waals surface area contributed by atoms with Gasteiger partial charge in [0.2, 0.25) is 0 Å². The van der Waals surface area contributed by atoms with Gasteiger partial charge >= 0.3 is 0 Å². The van der Waals surface area contributed by atoms with Crippen LogP contribution >= 0.6 is 0 Å². The van der Waals surface area contributed by atoms with Crippen molar-refractivity contribution in [3.63, 3.8) is 0 Å². The minimum Gasteiger partial charge on any atom is -0.394 e. The van der Waals surface area contributed by atoms with E-state index in [1.165, 1.54) is 0 Å². The zero-order valence-corrected chi connectivity index (χ0v) is 10.9. The molecule has 1 heterocycles. The van der Waals surface area contributed by atoms with Gasteiger partial charge in [-0.15, -0.1) is 0 Å². The summed E-state index contributed by atoms with van der Waals surface area (Å²) in [4.78, 5) is 13.9. The Morgan fingerprint density at radius 2 is 1.95 bits per heavy atom. The lowest BCUT2D eigenvalue weighted by atomic mass is 10.0. The highest BCUT2D eigenvalue weighted by atomic mass is 19.1. The van der Waals surface area contributed by atoms with E-state index in [4.69, 9.17) is 10.5 Å². The van der Waals surface area contributed by atoms with Crippen LogP contribution < -0.4 is 5.73 Å². The molecule has 1 aromatic carbocycles. The number of ether oxygens (including phenoxy) is 1. The highest BCUT2D eigenvalue weighted by Crippen LogP contribution is 2.24. The summed E-state index contributed by atoms with van der Waals surface area (Å²) >= 11 is 0. The van der Waals surface area contributed by atoms with Crippen LogP contribution in [0.2, 0.25) is 0 Å². The number of amides is 1. The summed E-state index contributed by atoms with van der Waals surface area (Å²) in [5.41, 5.74) is 4.06. The maximum atomic E-state index is 13.4. The summed E-state index contributed by atoms with van der Waals surface area (Å²) in [7, 11) is 0. The second kappa shape index (κ2) is 4.77. The van der Waals surface area contributed by atoms with Gasteiger partial charge < -0.3 is 15.4 Å². The molecule has 4 nitrogen and oxygen atoms in total. The minimum absolute atomic E-state index is 0.0424. The number of benzene rings is 1. The van der Waals surface area contributed by atoms with Crippen LogP contribution in [0.5, 0.6) is 0 Å². The number of anilines is 1. The monoisotopic (exact) mass is 270 g/mol. The summed E-state index contributed by atoms with van der Waals surface area (Å²) in [5.74, 6) is -2.27. The van der Waals surface area contributed by atoms with Crippen LogP contribution in [-0.2, 0) is 4.74 Å². The number of nitrogens with two attached hydrogens (primary N) is 1. The highest BCUT2D eigenvalue weighted by Gasteiger charge is 2.35. The van der Waals surface area contributed by atoms with Crippen LogP contribution in [0, 0.1) is 11.6 Å². The largest absolute Gasteiger partial charge is 0.394 e. The maximum absolute atomic E-state index is 13.4. The lowest BCUT2D eigenvalue weighted by Gasteiger charge is -2.42. The van der Waals surface area contributed by atoms with Gasteiger partial charge in [-0.1, -0.05) is 0 Å². The first kappa shape index (κ1) is 13.7. The van der Waals surface area contributed by atoms with Gasteiger partial charge in [0.15, 0.2) is 0 Å². The van der Waals surface area contributed by atoms with Crippen LogP contribution in [0.4, 0.5) is 14.5 Å². The van der Waals surface area contributed by atoms with Gasteiger partial charge in [-0.25, -0.2) is 8.78 Å². The third-order valence-corrected chi connectivity index (χ3v) is 3.22. The number of halogens is 2. The molecule has 2 rings (SSSR count). The molecule has 2 N–H and O–H groups in total. The van der Waals surface area contributed by atoms with Crippen LogP contribution in [0.25, 0.3) is 0 Å². The molecular formula is C13H16F2N2O2. The quantitative estimate of drug-likeness (QED) is 0.792. The van der Waals surface area contributed by atoms with Gasteiger partial charge in [-0.05, 0) is 26.0 Å². The van der Waals surface area contributed by atoms with Crippen molar-refractivity contribution in [2.24, 2.45) is 0 Å². The molecule has 1 aliphatic rings. The SMILES string of the molecule is CC1(C)COCCN1C(=O)c1cc(F)c(N)c(F)c1. The molecule has 104 valence electrons. The van der Waals surface area contributed by atoms with Gasteiger partial charge in [0, 0.05) is 12.1 Å². The molecule has 1 saturated heterocycles. The van der Waals surface area contributed by atoms with Crippen molar-refractivity contribution in [1.29, 1.82) is 0 Å². The van der Waals surface area contributed by atoms with E-state index >= 15 is 0 Å². The Labute approximate surface area is 110 Å². The van der Waals surface area contributed by atoms with Crippen molar-refractivity contribution in [1.82, 2.24) is 4.90 Å². The Kier molecular flexibility index (Phi) is 3.45. The zero-order chi connectivity index (χ0) is 14.2. The van der Waals surface area contributed by atoms with Gasteiger partial charge in [0.25, 0.3) is 5.91 Å². The number of carbonyl (C=O) groups is 1. The Hall–Kier alpha value is -1.69. The van der Waals surface area contributed by atoms with Gasteiger partial charge in [-0.3, -0.25) is 4.79 Å². The first-order valence-corrected chi connectivity index (χ1v) is 5.97. The average Bonchev–Trinajstić information content (AvgIpc) is 2.34. The molecule has 1 aromatic rings.